The molecule has 0 fully saturated rings. The number of para-hydroxylation sites is 2. The van der Waals surface area contributed by atoms with E-state index in [2.05, 4.69) is 5.32 Å². The molecule has 0 saturated heterocycles. The fourth-order valence-electron chi connectivity index (χ4n) is 1.86. The minimum Gasteiger partial charge on any atom is -0.618 e. The number of rotatable bonds is 3. The number of aromatic nitrogens is 2. The van der Waals surface area contributed by atoms with Gasteiger partial charge >= 0.3 is 11.6 Å². The Bertz CT molecular complexity index is 652. The lowest BCUT2D eigenvalue weighted by Crippen LogP contribution is -2.49. The van der Waals surface area contributed by atoms with Gasteiger partial charge in [-0.25, -0.2) is 0 Å². The van der Waals surface area contributed by atoms with Gasteiger partial charge in [-0.05, 0) is 0 Å². The number of carbonyl (C=O) groups excluding carboxylic acids is 1. The first kappa shape index (κ1) is 19.2. The highest BCUT2D eigenvalue weighted by atomic mass is 35.5. The van der Waals surface area contributed by atoms with E-state index in [-0.39, 0.29) is 60.4 Å². The summed E-state index contributed by atoms with van der Waals surface area (Å²) in [7, 11) is 0. The number of nitrogens with zero attached hydrogens (tertiary/aromatic N) is 2. The molecular formula is C12H15Cl2N3O4. The van der Waals surface area contributed by atoms with E-state index in [1.807, 2.05) is 0 Å². The molecule has 1 heterocycles. The van der Waals surface area contributed by atoms with E-state index >= 15 is 0 Å². The molecule has 0 bridgehead atoms. The molecule has 21 heavy (non-hydrogen) atoms. The number of hydrogen-bond donors (Lipinski definition) is 2. The van der Waals surface area contributed by atoms with Crippen molar-refractivity contribution in [3.63, 3.8) is 0 Å². The second-order valence-corrected chi connectivity index (χ2v) is 3.99. The average Bonchev–Trinajstić information content (AvgIpc) is 2.43. The molecule has 0 aliphatic carbocycles. The van der Waals surface area contributed by atoms with E-state index in [4.69, 9.17) is 5.11 Å². The highest BCUT2D eigenvalue weighted by Crippen LogP contribution is 2.08. The first-order valence-electron chi connectivity index (χ1n) is 5.71. The Balaban J connectivity index is 0.00000200. The molecule has 2 aromatic rings. The van der Waals surface area contributed by atoms with E-state index in [0.29, 0.717) is 9.46 Å². The molecule has 0 saturated carbocycles. The molecule has 2 N–H and O–H groups in total. The smallest absolute Gasteiger partial charge is 0.350 e. The largest absolute Gasteiger partial charge is 0.618 e. The Morgan fingerprint density at radius 2 is 1.71 bits per heavy atom. The molecule has 0 atom stereocenters. The Morgan fingerprint density at radius 3 is 2.24 bits per heavy atom. The predicted molar refractivity (Wildman–Crippen MR) is 80.5 cm³/mol. The number of aliphatic hydroxyl groups is 1. The molecule has 0 aliphatic heterocycles. The Hall–Kier alpha value is -1.83. The molecule has 0 aliphatic rings. The molecule has 1 aromatic heterocycles. The number of fused-ring (bicyclic) bond motifs is 1. The van der Waals surface area contributed by atoms with Crippen molar-refractivity contribution in [2.45, 2.75) is 6.92 Å². The van der Waals surface area contributed by atoms with Gasteiger partial charge in [0.1, 0.15) is 0 Å². The maximum atomic E-state index is 12.1. The summed E-state index contributed by atoms with van der Waals surface area (Å²) in [6, 6.07) is 6.24. The first-order chi connectivity index (χ1) is 9.07. The van der Waals surface area contributed by atoms with Crippen LogP contribution in [0.5, 0.6) is 0 Å². The lowest BCUT2D eigenvalue weighted by Gasteiger charge is -2.10. The Labute approximate surface area is 133 Å². The maximum absolute atomic E-state index is 12.1. The van der Waals surface area contributed by atoms with Crippen LogP contribution < -0.4 is 14.8 Å². The van der Waals surface area contributed by atoms with Crippen molar-refractivity contribution in [2.24, 2.45) is 0 Å². The summed E-state index contributed by atoms with van der Waals surface area (Å²) in [6.45, 7) is 1.18. The molecule has 0 unspecified atom stereocenters. The van der Waals surface area contributed by atoms with Crippen molar-refractivity contribution in [3.05, 3.63) is 46.1 Å². The third-order valence-corrected chi connectivity index (χ3v) is 2.78. The van der Waals surface area contributed by atoms with E-state index in [1.165, 1.54) is 19.1 Å². The summed E-state index contributed by atoms with van der Waals surface area (Å²) in [5, 5.41) is 35.2. The summed E-state index contributed by atoms with van der Waals surface area (Å²) in [6.07, 6.45) is 0. The standard InChI is InChI=1S/C12H13N3O4.2ClH/c1-8-11(12(17)13-6-7-16)15(19)10-5-3-2-4-9(10)14(8)18;;/h2-5,16H,6-7H2,1H3,(H,13,17);2*1H. The number of hydrogen-bond acceptors (Lipinski definition) is 4. The molecule has 1 amide bonds. The number of nitrogens with one attached hydrogen (secondary N) is 1. The van der Waals surface area contributed by atoms with Crippen LogP contribution in [0.15, 0.2) is 24.3 Å². The van der Waals surface area contributed by atoms with Crippen LogP contribution in [0.1, 0.15) is 16.2 Å². The third-order valence-electron chi connectivity index (χ3n) is 2.78. The zero-order valence-corrected chi connectivity index (χ0v) is 12.7. The first-order valence-corrected chi connectivity index (χ1v) is 5.71. The van der Waals surface area contributed by atoms with Gasteiger partial charge in [-0.15, -0.1) is 29.5 Å². The number of carbonyl (C=O) groups is 1. The van der Waals surface area contributed by atoms with Crippen molar-refractivity contribution in [1.29, 1.82) is 0 Å². The van der Waals surface area contributed by atoms with Gasteiger partial charge in [0.25, 0.3) is 16.7 Å². The van der Waals surface area contributed by atoms with Crippen LogP contribution in [0, 0.1) is 17.3 Å². The minimum absolute atomic E-state index is 0. The normalized spacial score (nSPS) is 9.62. The topological polar surface area (TPSA) is 103 Å². The minimum atomic E-state index is -0.683. The zero-order chi connectivity index (χ0) is 14.0. The van der Waals surface area contributed by atoms with Crippen molar-refractivity contribution < 1.29 is 19.4 Å². The van der Waals surface area contributed by atoms with E-state index in [1.54, 1.807) is 12.1 Å². The summed E-state index contributed by atoms with van der Waals surface area (Å²) in [4.78, 5) is 11.8. The molecule has 9 heteroatoms. The number of amides is 1. The molecule has 1 aromatic carbocycles. The molecule has 116 valence electrons. The Kier molecular flexibility index (Phi) is 7.14. The summed E-state index contributed by atoms with van der Waals surface area (Å²) < 4.78 is 0.989. The van der Waals surface area contributed by atoms with Crippen LogP contribution in [0.4, 0.5) is 0 Å². The SMILES string of the molecule is Cc1c(C(=O)NCCO)[n+]([O-])c2ccccc2[n+]1[O-].Cl.Cl. The highest BCUT2D eigenvalue weighted by Gasteiger charge is 2.30. The number of benzene rings is 1. The van der Waals surface area contributed by atoms with Crippen LogP contribution >= 0.6 is 24.8 Å². The predicted octanol–water partition coefficient (Wildman–Crippen LogP) is -0.0193. The molecular weight excluding hydrogens is 321 g/mol. The highest BCUT2D eigenvalue weighted by molar-refractivity contribution is 5.92. The second-order valence-electron chi connectivity index (χ2n) is 3.99. The average molecular weight is 336 g/mol. The van der Waals surface area contributed by atoms with Gasteiger partial charge in [-0.3, -0.25) is 4.79 Å². The summed E-state index contributed by atoms with van der Waals surface area (Å²) >= 11 is 0. The van der Waals surface area contributed by atoms with Crippen molar-refractivity contribution >= 4 is 41.8 Å². The van der Waals surface area contributed by atoms with Gasteiger partial charge in [0.15, 0.2) is 0 Å². The number of aliphatic hydroxyl groups excluding tert-OH is 1. The zero-order valence-electron chi connectivity index (χ0n) is 11.1. The lowest BCUT2D eigenvalue weighted by atomic mass is 10.2. The summed E-state index contributed by atoms with van der Waals surface area (Å²) in [5.74, 6) is -0.683. The van der Waals surface area contributed by atoms with Crippen LogP contribution in [0.3, 0.4) is 0 Å². The molecule has 0 radical (unpaired) electrons. The summed E-state index contributed by atoms with van der Waals surface area (Å²) in [5.41, 5.74) is 0.0808. The van der Waals surface area contributed by atoms with Gasteiger partial charge in [-0.1, -0.05) is 12.1 Å². The van der Waals surface area contributed by atoms with Crippen molar-refractivity contribution in [3.8, 4) is 0 Å². The molecule has 2 rings (SSSR count). The fourth-order valence-corrected chi connectivity index (χ4v) is 1.86. The van der Waals surface area contributed by atoms with Gasteiger partial charge in [0.2, 0.25) is 0 Å². The van der Waals surface area contributed by atoms with Gasteiger partial charge in [-0.2, -0.15) is 4.73 Å². The van der Waals surface area contributed by atoms with Crippen LogP contribution in [-0.4, -0.2) is 24.2 Å². The van der Waals surface area contributed by atoms with E-state index in [0.717, 1.165) is 0 Å². The van der Waals surface area contributed by atoms with Gasteiger partial charge in [0, 0.05) is 25.6 Å². The maximum Gasteiger partial charge on any atom is 0.350 e. The Morgan fingerprint density at radius 1 is 1.19 bits per heavy atom. The van der Waals surface area contributed by atoms with Gasteiger partial charge in [0.05, 0.1) is 6.61 Å². The number of halogens is 2. The molecule has 7 nitrogen and oxygen atoms in total. The van der Waals surface area contributed by atoms with E-state index < -0.39 is 5.91 Å². The monoisotopic (exact) mass is 335 g/mol. The van der Waals surface area contributed by atoms with Crippen LogP contribution in [0.25, 0.3) is 11.0 Å². The third kappa shape index (κ3) is 3.44. The van der Waals surface area contributed by atoms with Crippen LogP contribution in [-0.2, 0) is 0 Å². The van der Waals surface area contributed by atoms with Gasteiger partial charge < -0.3 is 20.8 Å². The molecule has 0 spiro atoms. The fraction of sp³-hybridized carbons (Fsp3) is 0.250. The van der Waals surface area contributed by atoms with E-state index in [9.17, 15) is 15.2 Å². The lowest BCUT2D eigenvalue weighted by molar-refractivity contribution is -0.635. The van der Waals surface area contributed by atoms with Crippen molar-refractivity contribution in [2.75, 3.05) is 13.2 Å². The van der Waals surface area contributed by atoms with Crippen LogP contribution in [0.2, 0.25) is 0 Å². The second kappa shape index (κ2) is 7.82. The quantitative estimate of drug-likeness (QED) is 0.607. The van der Waals surface area contributed by atoms with Crippen molar-refractivity contribution in [1.82, 2.24) is 5.32 Å².